The lowest BCUT2D eigenvalue weighted by molar-refractivity contribution is -0.167. The Hall–Kier alpha value is -3.15. The van der Waals surface area contributed by atoms with Gasteiger partial charge in [-0.1, -0.05) is 273 Å². The molecule has 70 heavy (non-hydrogen) atoms. The summed E-state index contributed by atoms with van der Waals surface area (Å²) in [5.74, 6) is -0.960. The van der Waals surface area contributed by atoms with E-state index in [2.05, 4.69) is 93.7 Å². The third kappa shape index (κ3) is 55.8. The van der Waals surface area contributed by atoms with Crippen molar-refractivity contribution < 1.29 is 28.6 Å². The maximum atomic E-state index is 12.8. The van der Waals surface area contributed by atoms with E-state index in [-0.39, 0.29) is 37.5 Å². The van der Waals surface area contributed by atoms with E-state index in [0.717, 1.165) is 96.3 Å². The zero-order chi connectivity index (χ0) is 50.7. The summed E-state index contributed by atoms with van der Waals surface area (Å²) in [5.41, 5.74) is 0. The monoisotopic (exact) mass is 977 g/mol. The molecule has 0 aliphatic carbocycles. The van der Waals surface area contributed by atoms with E-state index < -0.39 is 6.10 Å². The highest BCUT2D eigenvalue weighted by Gasteiger charge is 2.19. The van der Waals surface area contributed by atoms with Gasteiger partial charge in [-0.15, -0.1) is 0 Å². The Labute approximate surface area is 433 Å². The molecule has 6 heteroatoms. The first-order valence-electron chi connectivity index (χ1n) is 29.9. The summed E-state index contributed by atoms with van der Waals surface area (Å²) >= 11 is 0. The number of allylic oxidation sites excluding steroid dienone is 12. The predicted molar refractivity (Wildman–Crippen MR) is 302 cm³/mol. The van der Waals surface area contributed by atoms with Gasteiger partial charge < -0.3 is 14.2 Å². The zero-order valence-corrected chi connectivity index (χ0v) is 46.3. The Morgan fingerprint density at radius 1 is 0.300 bits per heavy atom. The minimum Gasteiger partial charge on any atom is -0.462 e. The Bertz CT molecular complexity index is 1310. The van der Waals surface area contributed by atoms with Crippen molar-refractivity contribution in [2.45, 2.75) is 303 Å². The van der Waals surface area contributed by atoms with Crippen LogP contribution < -0.4 is 0 Å². The van der Waals surface area contributed by atoms with Gasteiger partial charge in [0.05, 0.1) is 0 Å². The topological polar surface area (TPSA) is 78.9 Å². The number of esters is 3. The van der Waals surface area contributed by atoms with Gasteiger partial charge in [-0.3, -0.25) is 14.4 Å². The van der Waals surface area contributed by atoms with Crippen molar-refractivity contribution in [3.8, 4) is 0 Å². The van der Waals surface area contributed by atoms with Crippen LogP contribution in [0.2, 0.25) is 0 Å². The third-order valence-corrected chi connectivity index (χ3v) is 12.9. The van der Waals surface area contributed by atoms with Crippen LogP contribution in [0.15, 0.2) is 72.9 Å². The Morgan fingerprint density at radius 3 is 0.986 bits per heavy atom. The first-order chi connectivity index (χ1) is 34.5. The van der Waals surface area contributed by atoms with Crippen LogP contribution in [0.4, 0.5) is 0 Å². The molecule has 404 valence electrons. The van der Waals surface area contributed by atoms with Gasteiger partial charge in [-0.2, -0.15) is 0 Å². The van der Waals surface area contributed by atoms with Crippen LogP contribution in [-0.4, -0.2) is 37.2 Å². The van der Waals surface area contributed by atoms with Crippen LogP contribution in [0.5, 0.6) is 0 Å². The number of hydrogen-bond acceptors (Lipinski definition) is 6. The van der Waals surface area contributed by atoms with Crippen LogP contribution >= 0.6 is 0 Å². The molecule has 0 fully saturated rings. The molecular weight excluding hydrogens is 865 g/mol. The molecule has 0 aliphatic rings. The maximum Gasteiger partial charge on any atom is 0.306 e. The number of ether oxygens (including phenoxy) is 3. The molecule has 0 aromatic carbocycles. The highest BCUT2D eigenvalue weighted by atomic mass is 16.6. The molecule has 0 rings (SSSR count). The molecule has 1 unspecified atom stereocenters. The summed E-state index contributed by atoms with van der Waals surface area (Å²) < 4.78 is 16.8. The molecule has 0 aromatic rings. The number of unbranched alkanes of at least 4 members (excludes halogenated alkanes) is 31. The van der Waals surface area contributed by atoms with Crippen LogP contribution in [-0.2, 0) is 28.6 Å². The normalized spacial score (nSPS) is 12.6. The first-order valence-corrected chi connectivity index (χ1v) is 29.9. The maximum absolute atomic E-state index is 12.8. The van der Waals surface area contributed by atoms with Gasteiger partial charge in [-0.25, -0.2) is 0 Å². The Morgan fingerprint density at radius 2 is 0.600 bits per heavy atom. The van der Waals surface area contributed by atoms with Crippen LogP contribution in [0, 0.1) is 0 Å². The highest BCUT2D eigenvalue weighted by molar-refractivity contribution is 5.71. The third-order valence-electron chi connectivity index (χ3n) is 12.9. The van der Waals surface area contributed by atoms with Crippen molar-refractivity contribution in [3.63, 3.8) is 0 Å². The molecule has 0 N–H and O–H groups in total. The van der Waals surface area contributed by atoms with Gasteiger partial charge in [0.25, 0.3) is 0 Å². The van der Waals surface area contributed by atoms with Crippen LogP contribution in [0.1, 0.15) is 297 Å². The second-order valence-corrected chi connectivity index (χ2v) is 19.9. The lowest BCUT2D eigenvalue weighted by atomic mass is 10.0. The van der Waals surface area contributed by atoms with Crippen molar-refractivity contribution in [3.05, 3.63) is 72.9 Å². The van der Waals surface area contributed by atoms with E-state index in [1.807, 2.05) is 0 Å². The fourth-order valence-corrected chi connectivity index (χ4v) is 8.48. The Kier molecular flexibility index (Phi) is 55.8. The quantitative estimate of drug-likeness (QED) is 0.0261. The summed E-state index contributed by atoms with van der Waals surface area (Å²) in [5, 5.41) is 0. The fraction of sp³-hybridized carbons (Fsp3) is 0.766. The molecular formula is C64H112O6. The molecule has 0 bridgehead atoms. The van der Waals surface area contributed by atoms with E-state index in [0.29, 0.717) is 19.3 Å². The molecule has 6 nitrogen and oxygen atoms in total. The second kappa shape index (κ2) is 58.4. The number of carbonyl (C=O) groups excluding carboxylic acids is 3. The predicted octanol–water partition coefficient (Wildman–Crippen LogP) is 20.2. The van der Waals surface area contributed by atoms with Crippen molar-refractivity contribution in [2.24, 2.45) is 0 Å². The summed E-state index contributed by atoms with van der Waals surface area (Å²) in [6, 6.07) is 0. The summed E-state index contributed by atoms with van der Waals surface area (Å²) in [4.78, 5) is 38.1. The van der Waals surface area contributed by atoms with Crippen molar-refractivity contribution in [2.75, 3.05) is 13.2 Å². The van der Waals surface area contributed by atoms with E-state index >= 15 is 0 Å². The largest absolute Gasteiger partial charge is 0.462 e. The Balaban J connectivity index is 4.26. The lowest BCUT2D eigenvalue weighted by Crippen LogP contribution is -2.30. The van der Waals surface area contributed by atoms with E-state index in [1.165, 1.54) is 154 Å². The van der Waals surface area contributed by atoms with Crippen molar-refractivity contribution in [1.82, 2.24) is 0 Å². The molecule has 1 atom stereocenters. The highest BCUT2D eigenvalue weighted by Crippen LogP contribution is 2.17. The van der Waals surface area contributed by atoms with Gasteiger partial charge in [0.1, 0.15) is 13.2 Å². The summed E-state index contributed by atoms with van der Waals surface area (Å²) in [6.45, 7) is 6.44. The molecule has 0 radical (unpaired) electrons. The van der Waals surface area contributed by atoms with Crippen LogP contribution in [0.3, 0.4) is 0 Å². The SMILES string of the molecule is CC/C=C\C/C=C\C/C=C\C/C=C\C/C=C\CCCC(=O)OC(COC(=O)CCCCCCC/C=C\CCC)COC(=O)CCCCCCCCCCCCCCCCCCCCCCCCCCC. The molecule has 0 aliphatic heterocycles. The standard InChI is InChI=1S/C64H112O6/c1-4-7-10-13-16-19-22-24-26-28-29-30-31-32-33-34-35-37-38-40-42-45-48-51-54-57-63(66)69-60-61(59-68-62(65)56-53-50-47-44-21-18-15-12-9-6-3)70-64(67)58-55-52-49-46-43-41-39-36-27-25-23-20-17-14-11-8-5-2/h8,11-12,15,17,20,25,27,39,41,46,49,61H,4-7,9-10,13-14,16,18-19,21-24,26,28-38,40,42-45,47-48,50-60H2,1-3H3/b11-8-,15-12-,20-17-,27-25-,41-39-,49-46-. The molecule has 0 amide bonds. The smallest absolute Gasteiger partial charge is 0.306 e. The molecule has 0 saturated heterocycles. The molecule has 0 saturated carbocycles. The summed E-state index contributed by atoms with van der Waals surface area (Å²) in [6.07, 6.45) is 75.0. The zero-order valence-electron chi connectivity index (χ0n) is 46.3. The van der Waals surface area contributed by atoms with Crippen molar-refractivity contribution >= 4 is 17.9 Å². The van der Waals surface area contributed by atoms with E-state index in [9.17, 15) is 14.4 Å². The number of carbonyl (C=O) groups is 3. The van der Waals surface area contributed by atoms with Gasteiger partial charge in [-0.05, 0) is 77.0 Å². The average Bonchev–Trinajstić information content (AvgIpc) is 3.36. The van der Waals surface area contributed by atoms with E-state index in [1.54, 1.807) is 0 Å². The van der Waals surface area contributed by atoms with Gasteiger partial charge in [0, 0.05) is 19.3 Å². The number of hydrogen-bond donors (Lipinski definition) is 0. The second-order valence-electron chi connectivity index (χ2n) is 19.9. The average molecular weight is 978 g/mol. The van der Waals surface area contributed by atoms with Crippen LogP contribution in [0.25, 0.3) is 0 Å². The van der Waals surface area contributed by atoms with Gasteiger partial charge >= 0.3 is 17.9 Å². The molecule has 0 aromatic heterocycles. The molecule has 0 heterocycles. The number of rotatable bonds is 54. The lowest BCUT2D eigenvalue weighted by Gasteiger charge is -2.18. The minimum atomic E-state index is -0.807. The van der Waals surface area contributed by atoms with Gasteiger partial charge in [0.15, 0.2) is 6.10 Å². The van der Waals surface area contributed by atoms with Crippen molar-refractivity contribution in [1.29, 1.82) is 0 Å². The molecule has 0 spiro atoms. The van der Waals surface area contributed by atoms with Gasteiger partial charge in [0.2, 0.25) is 0 Å². The summed E-state index contributed by atoms with van der Waals surface area (Å²) in [7, 11) is 0. The fourth-order valence-electron chi connectivity index (χ4n) is 8.48. The first kappa shape index (κ1) is 66.9. The minimum absolute atomic E-state index is 0.0984. The van der Waals surface area contributed by atoms with E-state index in [4.69, 9.17) is 14.2 Å².